The van der Waals surface area contributed by atoms with Crippen LogP contribution in [0.3, 0.4) is 0 Å². The maximum absolute atomic E-state index is 12.9. The van der Waals surface area contributed by atoms with E-state index in [-0.39, 0.29) is 36.4 Å². The summed E-state index contributed by atoms with van der Waals surface area (Å²) in [6.07, 6.45) is 0.972. The molecule has 2 rings (SSSR count). The fourth-order valence-corrected chi connectivity index (χ4v) is 3.22. The number of benzene rings is 2. The van der Waals surface area contributed by atoms with Crippen molar-refractivity contribution in [2.45, 2.75) is 31.4 Å². The Morgan fingerprint density at radius 1 is 1.07 bits per heavy atom. The quantitative estimate of drug-likeness (QED) is 0.158. The Hall–Kier alpha value is -1.32. The van der Waals surface area contributed by atoms with Crippen molar-refractivity contribution < 1.29 is 9.50 Å². The number of aliphatic imine (C=N–C) groups is 1. The number of aliphatic hydroxyl groups excluding tert-OH is 1. The van der Waals surface area contributed by atoms with Gasteiger partial charge in [0, 0.05) is 18.0 Å². The molecule has 0 bridgehead atoms. The zero-order chi connectivity index (χ0) is 18.6. The highest BCUT2D eigenvalue weighted by Crippen LogP contribution is 2.18. The number of guanidine groups is 1. The standard InChI is InChI=1S/C20H26FN3OS.HI/c1-2-22-20(24-14-16-6-3-4-7-17(16)15-25)23-12-5-13-26-19-10-8-18(21)9-11-19;/h3-4,6-11,25H,2,5,12-15H2,1H3,(H2,22,23,24);1H. The van der Waals surface area contributed by atoms with Crippen LogP contribution in [0.5, 0.6) is 0 Å². The van der Waals surface area contributed by atoms with E-state index < -0.39 is 0 Å². The summed E-state index contributed by atoms with van der Waals surface area (Å²) >= 11 is 1.71. The summed E-state index contributed by atoms with van der Waals surface area (Å²) in [7, 11) is 0. The maximum Gasteiger partial charge on any atom is 0.191 e. The number of aliphatic hydroxyl groups is 1. The maximum atomic E-state index is 12.9. The van der Waals surface area contributed by atoms with Gasteiger partial charge in [0.25, 0.3) is 0 Å². The molecule has 0 unspecified atom stereocenters. The van der Waals surface area contributed by atoms with E-state index in [1.807, 2.05) is 31.2 Å². The van der Waals surface area contributed by atoms with Gasteiger partial charge in [-0.3, -0.25) is 0 Å². The predicted octanol–water partition coefficient (Wildman–Crippen LogP) is 4.17. The van der Waals surface area contributed by atoms with Crippen LogP contribution in [0.2, 0.25) is 0 Å². The van der Waals surface area contributed by atoms with E-state index in [0.29, 0.717) is 6.54 Å². The zero-order valence-electron chi connectivity index (χ0n) is 15.5. The number of thioether (sulfide) groups is 1. The van der Waals surface area contributed by atoms with Crippen LogP contribution in [-0.4, -0.2) is 29.9 Å². The van der Waals surface area contributed by atoms with Gasteiger partial charge in [-0.25, -0.2) is 9.38 Å². The topological polar surface area (TPSA) is 56.7 Å². The molecular formula is C20H27FIN3OS. The average molecular weight is 503 g/mol. The van der Waals surface area contributed by atoms with Crippen molar-refractivity contribution in [1.29, 1.82) is 0 Å². The van der Waals surface area contributed by atoms with E-state index >= 15 is 0 Å². The lowest BCUT2D eigenvalue weighted by Gasteiger charge is -2.12. The molecule has 0 aliphatic carbocycles. The van der Waals surface area contributed by atoms with Crippen LogP contribution in [-0.2, 0) is 13.2 Å². The van der Waals surface area contributed by atoms with Gasteiger partial charge >= 0.3 is 0 Å². The second-order valence-corrected chi connectivity index (χ2v) is 6.87. The smallest absolute Gasteiger partial charge is 0.191 e. The number of hydrogen-bond donors (Lipinski definition) is 3. The molecule has 0 heterocycles. The first-order valence-corrected chi connectivity index (χ1v) is 9.79. The summed E-state index contributed by atoms with van der Waals surface area (Å²) < 4.78 is 12.9. The Morgan fingerprint density at radius 2 is 1.78 bits per heavy atom. The van der Waals surface area contributed by atoms with Gasteiger partial charge in [-0.1, -0.05) is 24.3 Å². The van der Waals surface area contributed by atoms with Gasteiger partial charge in [-0.05, 0) is 54.5 Å². The van der Waals surface area contributed by atoms with Crippen molar-refractivity contribution in [1.82, 2.24) is 10.6 Å². The van der Waals surface area contributed by atoms with Crippen LogP contribution in [0, 0.1) is 5.82 Å². The Bertz CT molecular complexity index is 698. The van der Waals surface area contributed by atoms with Gasteiger partial charge in [0.2, 0.25) is 0 Å². The van der Waals surface area contributed by atoms with Crippen LogP contribution in [0.1, 0.15) is 24.5 Å². The van der Waals surface area contributed by atoms with Crippen molar-refractivity contribution in [2.24, 2.45) is 4.99 Å². The van der Waals surface area contributed by atoms with Gasteiger partial charge < -0.3 is 15.7 Å². The first-order chi connectivity index (χ1) is 12.7. The van der Waals surface area contributed by atoms with Gasteiger partial charge in [-0.15, -0.1) is 35.7 Å². The molecule has 0 aromatic heterocycles. The highest BCUT2D eigenvalue weighted by molar-refractivity contribution is 14.0. The molecule has 0 saturated carbocycles. The molecule has 27 heavy (non-hydrogen) atoms. The second-order valence-electron chi connectivity index (χ2n) is 5.70. The second kappa shape index (κ2) is 13.8. The minimum Gasteiger partial charge on any atom is -0.392 e. The number of halogens is 2. The van der Waals surface area contributed by atoms with Crippen molar-refractivity contribution in [2.75, 3.05) is 18.8 Å². The molecule has 0 fully saturated rings. The molecule has 2 aromatic carbocycles. The van der Waals surface area contributed by atoms with Gasteiger partial charge in [-0.2, -0.15) is 0 Å². The summed E-state index contributed by atoms with van der Waals surface area (Å²) in [5.74, 6) is 1.52. The summed E-state index contributed by atoms with van der Waals surface area (Å²) in [5, 5.41) is 16.0. The highest BCUT2D eigenvalue weighted by Gasteiger charge is 2.02. The number of nitrogens with one attached hydrogen (secondary N) is 2. The summed E-state index contributed by atoms with van der Waals surface area (Å²) in [6, 6.07) is 14.4. The Labute approximate surface area is 182 Å². The predicted molar refractivity (Wildman–Crippen MR) is 122 cm³/mol. The molecule has 0 aliphatic rings. The van der Waals surface area contributed by atoms with Gasteiger partial charge in [0.05, 0.1) is 13.2 Å². The van der Waals surface area contributed by atoms with Gasteiger partial charge in [0.1, 0.15) is 5.82 Å². The molecular weight excluding hydrogens is 476 g/mol. The van der Waals surface area contributed by atoms with E-state index in [2.05, 4.69) is 15.6 Å². The molecule has 0 saturated heterocycles. The minimum absolute atomic E-state index is 0. The molecule has 0 radical (unpaired) electrons. The first kappa shape index (κ1) is 23.7. The van der Waals surface area contributed by atoms with Crippen LogP contribution in [0.25, 0.3) is 0 Å². The molecule has 0 aliphatic heterocycles. The highest BCUT2D eigenvalue weighted by atomic mass is 127. The lowest BCUT2D eigenvalue weighted by atomic mass is 10.1. The normalized spacial score (nSPS) is 11.0. The molecule has 0 amide bonds. The third-order valence-electron chi connectivity index (χ3n) is 3.74. The molecule has 4 nitrogen and oxygen atoms in total. The molecule has 2 aromatic rings. The fourth-order valence-electron chi connectivity index (χ4n) is 2.37. The van der Waals surface area contributed by atoms with Crippen LogP contribution >= 0.6 is 35.7 Å². The van der Waals surface area contributed by atoms with E-state index in [9.17, 15) is 9.50 Å². The first-order valence-electron chi connectivity index (χ1n) is 8.81. The lowest BCUT2D eigenvalue weighted by molar-refractivity contribution is 0.280. The number of hydrogen-bond acceptors (Lipinski definition) is 3. The third kappa shape index (κ3) is 8.94. The monoisotopic (exact) mass is 503 g/mol. The lowest BCUT2D eigenvalue weighted by Crippen LogP contribution is -2.37. The third-order valence-corrected chi connectivity index (χ3v) is 4.83. The van der Waals surface area contributed by atoms with Crippen LogP contribution in [0.4, 0.5) is 4.39 Å². The van der Waals surface area contributed by atoms with Gasteiger partial charge in [0.15, 0.2) is 5.96 Å². The van der Waals surface area contributed by atoms with Crippen molar-refractivity contribution in [3.8, 4) is 0 Å². The van der Waals surface area contributed by atoms with E-state index in [0.717, 1.165) is 47.2 Å². The Morgan fingerprint density at radius 3 is 2.44 bits per heavy atom. The fraction of sp³-hybridized carbons (Fsp3) is 0.350. The zero-order valence-corrected chi connectivity index (χ0v) is 18.6. The largest absolute Gasteiger partial charge is 0.392 e. The molecule has 3 N–H and O–H groups in total. The summed E-state index contributed by atoms with van der Waals surface area (Å²) in [6.45, 7) is 4.18. The number of nitrogens with zero attached hydrogens (tertiary/aromatic N) is 1. The molecule has 0 spiro atoms. The van der Waals surface area contributed by atoms with Crippen molar-refractivity contribution in [3.63, 3.8) is 0 Å². The molecule has 148 valence electrons. The van der Waals surface area contributed by atoms with Crippen LogP contribution in [0.15, 0.2) is 58.4 Å². The van der Waals surface area contributed by atoms with E-state index in [4.69, 9.17) is 0 Å². The molecule has 7 heteroatoms. The average Bonchev–Trinajstić information content (AvgIpc) is 2.67. The number of rotatable bonds is 9. The Kier molecular flexibility index (Phi) is 12.1. The Balaban J connectivity index is 0.00000364. The summed E-state index contributed by atoms with van der Waals surface area (Å²) in [5.41, 5.74) is 1.93. The van der Waals surface area contributed by atoms with E-state index in [1.165, 1.54) is 12.1 Å². The molecule has 0 atom stereocenters. The SMILES string of the molecule is CCNC(=NCc1ccccc1CO)NCCCSc1ccc(F)cc1.I. The van der Waals surface area contributed by atoms with Crippen LogP contribution < -0.4 is 10.6 Å². The van der Waals surface area contributed by atoms with Crippen molar-refractivity contribution in [3.05, 3.63) is 65.5 Å². The summed E-state index contributed by atoms with van der Waals surface area (Å²) in [4.78, 5) is 5.67. The minimum atomic E-state index is -0.203. The van der Waals surface area contributed by atoms with E-state index in [1.54, 1.807) is 23.9 Å². The van der Waals surface area contributed by atoms with Crippen molar-refractivity contribution >= 4 is 41.7 Å².